The first-order valence-electron chi connectivity index (χ1n) is 4.74. The van der Waals surface area contributed by atoms with Crippen molar-refractivity contribution in [3.8, 4) is 5.75 Å². The lowest BCUT2D eigenvalue weighted by Gasteiger charge is -2.11. The number of Topliss-reactive ketones (excluding diaryl/α,β-unsaturated/α-hetero) is 1. The van der Waals surface area contributed by atoms with Crippen molar-refractivity contribution in [1.82, 2.24) is 0 Å². The zero-order valence-electron chi connectivity index (χ0n) is 8.97. The fourth-order valence-corrected chi connectivity index (χ4v) is 1.68. The van der Waals surface area contributed by atoms with E-state index >= 15 is 0 Å². The fourth-order valence-electron chi connectivity index (χ4n) is 1.32. The number of hydrogen-bond acceptors (Lipinski definition) is 2. The summed E-state index contributed by atoms with van der Waals surface area (Å²) in [6.45, 7) is 0. The van der Waals surface area contributed by atoms with Crippen molar-refractivity contribution in [3.63, 3.8) is 0 Å². The molecule has 0 unspecified atom stereocenters. The van der Waals surface area contributed by atoms with Crippen LogP contribution < -0.4 is 4.74 Å². The molecule has 0 bridgehead atoms. The molecule has 0 amide bonds. The van der Waals surface area contributed by atoms with Gasteiger partial charge in [-0.2, -0.15) is 13.2 Å². The van der Waals surface area contributed by atoms with E-state index in [2.05, 4.69) is 15.9 Å². The number of benzene rings is 1. The van der Waals surface area contributed by atoms with Crippen molar-refractivity contribution in [3.05, 3.63) is 29.3 Å². The van der Waals surface area contributed by atoms with E-state index in [4.69, 9.17) is 4.74 Å². The molecule has 0 heterocycles. The number of halogens is 4. The van der Waals surface area contributed by atoms with Gasteiger partial charge in [-0.05, 0) is 18.2 Å². The third kappa shape index (κ3) is 3.46. The van der Waals surface area contributed by atoms with Crippen LogP contribution in [0.25, 0.3) is 0 Å². The van der Waals surface area contributed by atoms with Gasteiger partial charge >= 0.3 is 6.18 Å². The number of alkyl halides is 4. The quantitative estimate of drug-likeness (QED) is 0.626. The van der Waals surface area contributed by atoms with Gasteiger partial charge in [0.1, 0.15) is 5.75 Å². The van der Waals surface area contributed by atoms with Crippen LogP contribution in [0.1, 0.15) is 22.3 Å². The Balaban J connectivity index is 3.20. The van der Waals surface area contributed by atoms with Crippen molar-refractivity contribution in [2.24, 2.45) is 0 Å². The zero-order valence-corrected chi connectivity index (χ0v) is 10.6. The Labute approximate surface area is 105 Å². The summed E-state index contributed by atoms with van der Waals surface area (Å²) < 4.78 is 42.4. The molecular formula is C11H10BrF3O2. The first-order chi connectivity index (χ1) is 7.90. The van der Waals surface area contributed by atoms with Crippen LogP contribution in [0.3, 0.4) is 0 Å². The largest absolute Gasteiger partial charge is 0.496 e. The van der Waals surface area contributed by atoms with Crippen LogP contribution in [-0.2, 0) is 6.18 Å². The lowest BCUT2D eigenvalue weighted by molar-refractivity contribution is -0.137. The second-order valence-electron chi connectivity index (χ2n) is 3.27. The summed E-state index contributed by atoms with van der Waals surface area (Å²) in [5, 5.41) is 0.394. The number of carbonyl (C=O) groups excluding carboxylic acids is 1. The van der Waals surface area contributed by atoms with Gasteiger partial charge in [0.25, 0.3) is 0 Å². The molecule has 0 aliphatic carbocycles. The summed E-state index contributed by atoms with van der Waals surface area (Å²) >= 11 is 3.07. The number of rotatable bonds is 4. The van der Waals surface area contributed by atoms with Gasteiger partial charge in [0.15, 0.2) is 5.78 Å². The van der Waals surface area contributed by atoms with Crippen LogP contribution in [0.4, 0.5) is 13.2 Å². The average Bonchev–Trinajstić information content (AvgIpc) is 2.27. The van der Waals surface area contributed by atoms with Gasteiger partial charge < -0.3 is 4.74 Å². The Kier molecular flexibility index (Phi) is 4.56. The summed E-state index contributed by atoms with van der Waals surface area (Å²) in [5.41, 5.74) is -0.891. The molecule has 1 aromatic carbocycles. The number of ether oxygens (including phenoxy) is 1. The Morgan fingerprint density at radius 1 is 1.41 bits per heavy atom. The Morgan fingerprint density at radius 3 is 2.53 bits per heavy atom. The van der Waals surface area contributed by atoms with Crippen LogP contribution in [0.5, 0.6) is 5.75 Å². The van der Waals surface area contributed by atoms with Gasteiger partial charge in [-0.3, -0.25) is 4.79 Å². The van der Waals surface area contributed by atoms with E-state index in [1.807, 2.05) is 0 Å². The van der Waals surface area contributed by atoms with E-state index in [0.29, 0.717) is 5.33 Å². The zero-order chi connectivity index (χ0) is 13.1. The minimum absolute atomic E-state index is 0.0400. The minimum Gasteiger partial charge on any atom is -0.496 e. The molecule has 17 heavy (non-hydrogen) atoms. The summed E-state index contributed by atoms with van der Waals surface area (Å²) in [6, 6.07) is 2.87. The molecule has 0 atom stereocenters. The second kappa shape index (κ2) is 5.53. The van der Waals surface area contributed by atoms with Gasteiger partial charge in [0, 0.05) is 11.8 Å². The monoisotopic (exact) mass is 310 g/mol. The third-order valence-electron chi connectivity index (χ3n) is 2.15. The van der Waals surface area contributed by atoms with E-state index in [1.54, 1.807) is 0 Å². The molecule has 0 N–H and O–H groups in total. The molecule has 0 aliphatic heterocycles. The van der Waals surface area contributed by atoms with Crippen LogP contribution in [0, 0.1) is 0 Å². The summed E-state index contributed by atoms with van der Waals surface area (Å²) in [4.78, 5) is 11.6. The molecule has 0 spiro atoms. The van der Waals surface area contributed by atoms with E-state index in [-0.39, 0.29) is 23.5 Å². The minimum atomic E-state index is -4.46. The molecule has 2 nitrogen and oxygen atoms in total. The van der Waals surface area contributed by atoms with Gasteiger partial charge in [0.05, 0.1) is 18.2 Å². The first kappa shape index (κ1) is 14.0. The topological polar surface area (TPSA) is 26.3 Å². The lowest BCUT2D eigenvalue weighted by Crippen LogP contribution is -2.09. The highest BCUT2D eigenvalue weighted by atomic mass is 79.9. The summed E-state index contributed by atoms with van der Waals surface area (Å²) in [6.07, 6.45) is -4.34. The van der Waals surface area contributed by atoms with E-state index in [0.717, 1.165) is 18.2 Å². The third-order valence-corrected chi connectivity index (χ3v) is 2.55. The molecule has 1 aromatic rings. The fraction of sp³-hybridized carbons (Fsp3) is 0.364. The summed E-state index contributed by atoms with van der Waals surface area (Å²) in [7, 11) is 1.31. The van der Waals surface area contributed by atoms with Crippen LogP contribution in [0.2, 0.25) is 0 Å². The van der Waals surface area contributed by atoms with Gasteiger partial charge in [-0.1, -0.05) is 15.9 Å². The van der Waals surface area contributed by atoms with E-state index in [9.17, 15) is 18.0 Å². The van der Waals surface area contributed by atoms with Crippen molar-refractivity contribution in [1.29, 1.82) is 0 Å². The summed E-state index contributed by atoms with van der Waals surface area (Å²) in [5.74, 6) is -0.228. The normalized spacial score (nSPS) is 11.4. The predicted octanol–water partition coefficient (Wildman–Crippen LogP) is 3.68. The second-order valence-corrected chi connectivity index (χ2v) is 4.07. The number of ketones is 1. The van der Waals surface area contributed by atoms with Gasteiger partial charge in [-0.15, -0.1) is 0 Å². The van der Waals surface area contributed by atoms with E-state index in [1.165, 1.54) is 7.11 Å². The number of methoxy groups -OCH3 is 1. The molecule has 1 rings (SSSR count). The van der Waals surface area contributed by atoms with Crippen molar-refractivity contribution < 1.29 is 22.7 Å². The maximum atomic E-state index is 12.5. The maximum Gasteiger partial charge on any atom is 0.416 e. The maximum absolute atomic E-state index is 12.5. The van der Waals surface area contributed by atoms with Crippen molar-refractivity contribution >= 4 is 21.7 Å². The molecule has 0 aromatic heterocycles. The SMILES string of the molecule is COc1ccc(C(F)(F)F)cc1C(=O)CCBr. The Bertz CT molecular complexity index is 416. The lowest BCUT2D eigenvalue weighted by atomic mass is 10.0. The van der Waals surface area contributed by atoms with Crippen molar-refractivity contribution in [2.45, 2.75) is 12.6 Å². The molecule has 0 aliphatic rings. The highest BCUT2D eigenvalue weighted by Crippen LogP contribution is 2.32. The molecule has 6 heteroatoms. The first-order valence-corrected chi connectivity index (χ1v) is 5.86. The molecule has 0 saturated carbocycles. The highest BCUT2D eigenvalue weighted by molar-refractivity contribution is 9.09. The number of carbonyl (C=O) groups is 1. The Hall–Kier alpha value is -1.04. The standard InChI is InChI=1S/C11H10BrF3O2/c1-17-10-3-2-7(11(13,14)15)6-8(10)9(16)4-5-12/h2-3,6H,4-5H2,1H3. The molecular weight excluding hydrogens is 301 g/mol. The molecule has 94 valence electrons. The average molecular weight is 311 g/mol. The van der Waals surface area contributed by atoms with Gasteiger partial charge in [0.2, 0.25) is 0 Å². The predicted molar refractivity (Wildman–Crippen MR) is 60.7 cm³/mol. The highest BCUT2D eigenvalue weighted by Gasteiger charge is 2.31. The molecule has 0 fully saturated rings. The smallest absolute Gasteiger partial charge is 0.416 e. The Morgan fingerprint density at radius 2 is 2.06 bits per heavy atom. The van der Waals surface area contributed by atoms with Crippen LogP contribution in [-0.4, -0.2) is 18.2 Å². The van der Waals surface area contributed by atoms with Crippen LogP contribution >= 0.6 is 15.9 Å². The number of hydrogen-bond donors (Lipinski definition) is 0. The van der Waals surface area contributed by atoms with E-state index < -0.39 is 11.7 Å². The van der Waals surface area contributed by atoms with Crippen LogP contribution in [0.15, 0.2) is 18.2 Å². The molecule has 0 saturated heterocycles. The van der Waals surface area contributed by atoms with Gasteiger partial charge in [-0.25, -0.2) is 0 Å². The molecule has 0 radical (unpaired) electrons. The van der Waals surface area contributed by atoms with Crippen molar-refractivity contribution in [2.75, 3.05) is 12.4 Å².